The first kappa shape index (κ1) is 72.1. The number of ketones is 3. The molecule has 0 radical (unpaired) electrons. The fourth-order valence-corrected chi connectivity index (χ4v) is 8.95. The summed E-state index contributed by atoms with van der Waals surface area (Å²) in [6.07, 6.45) is -0.891. The third-order valence-corrected chi connectivity index (χ3v) is 13.8. The minimum absolute atomic E-state index is 0.0186. The predicted molar refractivity (Wildman–Crippen MR) is 305 cm³/mol. The maximum atomic E-state index is 14.4. The van der Waals surface area contributed by atoms with Crippen molar-refractivity contribution in [2.24, 2.45) is 74.0 Å². The van der Waals surface area contributed by atoms with Crippen LogP contribution >= 0.6 is 11.8 Å². The van der Waals surface area contributed by atoms with Gasteiger partial charge in [-0.15, -0.1) is 0 Å². The molecule has 1 aromatic carbocycles. The molecule has 0 aromatic heterocycles. The molecule has 28 heteroatoms. The summed E-state index contributed by atoms with van der Waals surface area (Å²) in [5.41, 5.74) is 33.5. The molecule has 10 atom stereocenters. The van der Waals surface area contributed by atoms with Crippen LogP contribution in [0.5, 0.6) is 5.75 Å². The molecule has 0 saturated carbocycles. The van der Waals surface area contributed by atoms with E-state index in [1.807, 2.05) is 13.8 Å². The highest BCUT2D eigenvalue weighted by Crippen LogP contribution is 2.21. The lowest BCUT2D eigenvalue weighted by Gasteiger charge is -2.27. The van der Waals surface area contributed by atoms with Crippen molar-refractivity contribution in [2.75, 3.05) is 38.2 Å². The number of phenols is 1. The van der Waals surface area contributed by atoms with Gasteiger partial charge in [0.15, 0.2) is 23.5 Å². The largest absolute Gasteiger partial charge is 0.508 e. The van der Waals surface area contributed by atoms with Crippen LogP contribution in [0.2, 0.25) is 0 Å². The number of benzene rings is 1. The number of nitrogens with one attached hydrogen (secondary N) is 5. The van der Waals surface area contributed by atoms with Gasteiger partial charge in [0.25, 0.3) is 0 Å². The van der Waals surface area contributed by atoms with Crippen molar-refractivity contribution in [2.45, 2.75) is 154 Å². The summed E-state index contributed by atoms with van der Waals surface area (Å²) >= 11 is 1.34. The van der Waals surface area contributed by atoms with E-state index >= 15 is 0 Å². The lowest BCUT2D eigenvalue weighted by Crippen LogP contribution is -2.57. The second-order valence-corrected chi connectivity index (χ2v) is 21.6. The van der Waals surface area contributed by atoms with E-state index in [1.54, 1.807) is 13.2 Å². The number of hydrogen-bond donors (Lipinski definition) is 15. The van der Waals surface area contributed by atoms with Crippen LogP contribution in [0.4, 0.5) is 0 Å². The van der Waals surface area contributed by atoms with Gasteiger partial charge in [-0.3, -0.25) is 57.9 Å². The van der Waals surface area contributed by atoms with Crippen molar-refractivity contribution in [1.82, 2.24) is 26.6 Å². The highest BCUT2D eigenvalue weighted by atomic mass is 32.2. The number of nitrogens with zero attached hydrogens (tertiary/aromatic N) is 2. The first-order valence-electron chi connectivity index (χ1n) is 27.1. The number of carbonyl (C=O) groups is 10. The van der Waals surface area contributed by atoms with Crippen molar-refractivity contribution in [3.05, 3.63) is 29.8 Å². The van der Waals surface area contributed by atoms with Crippen molar-refractivity contribution in [1.29, 1.82) is 0 Å². The third-order valence-electron chi connectivity index (χ3n) is 13.2. The monoisotopic (exact) mass is 1160 g/mol. The molecule has 0 heterocycles. The molecular weight excluding hydrogens is 1070 g/mol. The fourth-order valence-electron chi connectivity index (χ4n) is 8.48. The number of amides is 6. The SMILES string of the molecule is CSCC[C@H](NC(=O)[C@H](CO)CC(=O)[C@@H](C)CCCN=C(N)N)C(=O)C[C@H](C(=O)N[C@@H](CC(=O)O)C(=O)C[C@@H](CCCCN)C(=O)N[C@@H](Cc1ccc(O)cc1)C(=O)N[C@@H](CCCN=C(N)N)C(=O)N[C@@H](CC(C)C)C(N)=O)[C@@H](C)O. The van der Waals surface area contributed by atoms with Crippen molar-refractivity contribution in [3.63, 3.8) is 0 Å². The van der Waals surface area contributed by atoms with E-state index in [2.05, 4.69) is 36.6 Å². The number of Topliss-reactive ketones (excluding diaryl/α,β-unsaturated/α-hetero) is 3. The zero-order valence-corrected chi connectivity index (χ0v) is 48.0. The summed E-state index contributed by atoms with van der Waals surface area (Å²) in [6, 6.07) is -1.28. The maximum Gasteiger partial charge on any atom is 0.305 e. The molecular formula is C53H89N13O14S. The average molecular weight is 1160 g/mol. The first-order valence-corrected chi connectivity index (χ1v) is 28.5. The van der Waals surface area contributed by atoms with Crippen LogP contribution in [0.15, 0.2) is 34.3 Å². The number of thioether (sulfide) groups is 1. The molecule has 0 aliphatic rings. The summed E-state index contributed by atoms with van der Waals surface area (Å²) in [7, 11) is 0. The Morgan fingerprint density at radius 1 is 0.580 bits per heavy atom. The second-order valence-electron chi connectivity index (χ2n) is 20.6. The van der Waals surface area contributed by atoms with Gasteiger partial charge in [0.2, 0.25) is 35.4 Å². The topological polar surface area (TPSA) is 493 Å². The number of unbranched alkanes of at least 4 members (excludes halogenated alkanes) is 1. The van der Waals surface area contributed by atoms with Crippen LogP contribution in [-0.2, 0) is 54.4 Å². The number of nitrogens with two attached hydrogens (primary N) is 6. The number of carboxylic acid groups (broad SMARTS) is 1. The van der Waals surface area contributed by atoms with E-state index in [-0.39, 0.29) is 100 Å². The van der Waals surface area contributed by atoms with Gasteiger partial charge < -0.3 is 81.4 Å². The van der Waals surface area contributed by atoms with E-state index in [0.717, 1.165) is 0 Å². The number of hydrogen-bond acceptors (Lipinski definition) is 17. The molecule has 1 aromatic rings. The summed E-state index contributed by atoms with van der Waals surface area (Å²) in [5, 5.41) is 53.8. The van der Waals surface area contributed by atoms with Crippen LogP contribution in [0.1, 0.15) is 117 Å². The molecule has 21 N–H and O–H groups in total. The normalized spacial score (nSPS) is 14.9. The maximum absolute atomic E-state index is 14.4. The Labute approximate surface area is 477 Å². The van der Waals surface area contributed by atoms with Crippen molar-refractivity contribution < 1.29 is 68.4 Å². The highest BCUT2D eigenvalue weighted by molar-refractivity contribution is 7.98. The quantitative estimate of drug-likeness (QED) is 0.0193. The van der Waals surface area contributed by atoms with E-state index < -0.39 is 139 Å². The standard InChI is InChI=1S/C53H89N13O14S/c1-29(2)22-40(46(55)75)65-50(79)38(12-9-20-61-53(58)59)63-51(80)41(23-32-13-15-35(69)16-14-32)66-47(76)33(11-6-7-18-54)24-43(71)39(27-45(73)74)64-49(78)36(31(4)68)26-44(72)37(17-21-81-5)62-48(77)34(28-67)25-42(70)30(3)10-8-19-60-52(56)57/h13-16,29-31,33-34,36-41,67-69H,6-12,17-28,54H2,1-5H3,(H2,55,75)(H,62,77)(H,63,80)(H,64,78)(H,65,79)(H,66,76)(H,73,74)(H4,56,57,60)(H4,58,59,61)/t30-,31+,33+,34-,36-,37-,38-,39-,40-,41-/m0/s1. The Kier molecular flexibility index (Phi) is 34.4. The number of primary amides is 1. The van der Waals surface area contributed by atoms with Crippen LogP contribution < -0.4 is 61.0 Å². The van der Waals surface area contributed by atoms with Gasteiger partial charge in [-0.2, -0.15) is 11.8 Å². The third kappa shape index (κ3) is 29.4. The van der Waals surface area contributed by atoms with Gasteiger partial charge in [-0.1, -0.05) is 39.3 Å². The summed E-state index contributed by atoms with van der Waals surface area (Å²) in [6.45, 7) is 6.29. The molecule has 0 unspecified atom stereocenters. The molecule has 0 spiro atoms. The number of carbonyl (C=O) groups excluding carboxylic acids is 9. The number of carboxylic acids is 1. The predicted octanol–water partition coefficient (Wildman–Crippen LogP) is -1.91. The van der Waals surface area contributed by atoms with Gasteiger partial charge in [0.1, 0.15) is 29.7 Å². The fraction of sp³-hybridized carbons (Fsp3) is 0.660. The molecule has 1 rings (SSSR count). The number of guanidine groups is 2. The van der Waals surface area contributed by atoms with Crippen LogP contribution in [0, 0.1) is 29.6 Å². The number of phenolic OH excluding ortho intramolecular Hbond substituents is 1. The van der Waals surface area contributed by atoms with Gasteiger partial charge in [-0.05, 0) is 100 Å². The average Bonchev–Trinajstić information content (AvgIpc) is 3.39. The van der Waals surface area contributed by atoms with Crippen LogP contribution in [0.3, 0.4) is 0 Å². The van der Waals surface area contributed by atoms with E-state index in [9.17, 15) is 68.4 Å². The second kappa shape index (κ2) is 38.7. The van der Waals surface area contributed by atoms with E-state index in [1.165, 1.54) is 43.0 Å². The molecule has 0 bridgehead atoms. The summed E-state index contributed by atoms with van der Waals surface area (Å²) in [4.78, 5) is 144. The molecule has 0 aliphatic heterocycles. The minimum atomic E-state index is -1.81. The number of aromatic hydroxyl groups is 1. The first-order chi connectivity index (χ1) is 38.1. The summed E-state index contributed by atoms with van der Waals surface area (Å²) < 4.78 is 0. The number of rotatable bonds is 43. The molecule has 27 nitrogen and oxygen atoms in total. The number of aliphatic imine (C=N–C) groups is 2. The minimum Gasteiger partial charge on any atom is -0.508 e. The number of aliphatic hydroxyl groups is 2. The van der Waals surface area contributed by atoms with Crippen molar-refractivity contribution >= 4 is 82.4 Å². The molecule has 81 heavy (non-hydrogen) atoms. The van der Waals surface area contributed by atoms with Gasteiger partial charge in [0.05, 0.1) is 43.1 Å². The van der Waals surface area contributed by atoms with Crippen molar-refractivity contribution in [3.8, 4) is 5.75 Å². The highest BCUT2D eigenvalue weighted by Gasteiger charge is 2.37. The number of aliphatic carboxylic acids is 1. The molecule has 0 saturated heterocycles. The number of aliphatic hydroxyl groups excluding tert-OH is 2. The Morgan fingerprint density at radius 2 is 1.10 bits per heavy atom. The summed E-state index contributed by atoms with van der Waals surface area (Å²) in [5.74, 6) is -13.5. The van der Waals surface area contributed by atoms with Gasteiger partial charge in [0, 0.05) is 50.6 Å². The Morgan fingerprint density at radius 3 is 1.63 bits per heavy atom. The van der Waals surface area contributed by atoms with E-state index in [4.69, 9.17) is 34.4 Å². The molecule has 0 fully saturated rings. The van der Waals surface area contributed by atoms with Crippen LogP contribution in [0.25, 0.3) is 0 Å². The Balaban J connectivity index is 3.55. The molecule has 0 aliphatic carbocycles. The zero-order valence-electron chi connectivity index (χ0n) is 47.2. The van der Waals surface area contributed by atoms with E-state index in [0.29, 0.717) is 30.6 Å². The van der Waals surface area contributed by atoms with Crippen LogP contribution in [-0.4, -0.2) is 166 Å². The lowest BCUT2D eigenvalue weighted by atomic mass is 9.89. The Hall–Kier alpha value is -6.91. The smallest absolute Gasteiger partial charge is 0.305 e. The lowest BCUT2D eigenvalue weighted by molar-refractivity contribution is -0.142. The zero-order chi connectivity index (χ0) is 61.4. The van der Waals surface area contributed by atoms with Gasteiger partial charge in [-0.25, -0.2) is 0 Å². The molecule has 456 valence electrons. The molecule has 6 amide bonds. The van der Waals surface area contributed by atoms with Gasteiger partial charge >= 0.3 is 5.97 Å². The Bertz CT molecular complexity index is 2280.